The highest BCUT2D eigenvalue weighted by molar-refractivity contribution is 6.31. The van der Waals surface area contributed by atoms with Gasteiger partial charge in [-0.15, -0.1) is 0 Å². The van der Waals surface area contributed by atoms with Crippen LogP contribution in [0.4, 0.5) is 0 Å². The molecule has 0 saturated heterocycles. The highest BCUT2D eigenvalue weighted by Crippen LogP contribution is 2.44. The molecule has 1 heterocycles. The average molecular weight is 262 g/mol. The van der Waals surface area contributed by atoms with Gasteiger partial charge in [-0.25, -0.2) is 0 Å². The number of carbonyl (C=O) groups is 1. The number of hydrogen-bond donors (Lipinski definition) is 1. The number of aliphatic carboxylic acids is 1. The number of hydrogen-bond acceptors (Lipinski definition) is 2. The summed E-state index contributed by atoms with van der Waals surface area (Å²) < 4.78 is 0. The summed E-state index contributed by atoms with van der Waals surface area (Å²) in [5.74, 6) is -0.902. The van der Waals surface area contributed by atoms with Crippen LogP contribution in [0.25, 0.3) is 10.9 Å². The largest absolute Gasteiger partial charge is 0.481 e. The van der Waals surface area contributed by atoms with E-state index in [9.17, 15) is 9.90 Å². The van der Waals surface area contributed by atoms with Crippen LogP contribution >= 0.6 is 11.6 Å². The second kappa shape index (κ2) is 4.25. The first-order valence-corrected chi connectivity index (χ1v) is 6.31. The standard InChI is InChI=1S/C14H12ClNO2/c15-9-3-4-10-11(5-6-16-12(10)7-9)13(14(17)18)8-1-2-8/h3-8,13H,1-2H2,(H,17,18). The van der Waals surface area contributed by atoms with Crippen LogP contribution in [0.3, 0.4) is 0 Å². The number of fused-ring (bicyclic) bond motifs is 1. The van der Waals surface area contributed by atoms with Gasteiger partial charge < -0.3 is 5.11 Å². The lowest BCUT2D eigenvalue weighted by molar-refractivity contribution is -0.139. The van der Waals surface area contributed by atoms with Crippen LogP contribution in [-0.2, 0) is 4.79 Å². The van der Waals surface area contributed by atoms with Gasteiger partial charge in [-0.2, -0.15) is 0 Å². The first kappa shape index (κ1) is 11.5. The van der Waals surface area contributed by atoms with Gasteiger partial charge in [0.1, 0.15) is 0 Å². The number of carboxylic acids is 1. The topological polar surface area (TPSA) is 50.2 Å². The Balaban J connectivity index is 2.18. The molecule has 0 spiro atoms. The molecule has 2 aromatic rings. The Labute approximate surface area is 109 Å². The predicted molar refractivity (Wildman–Crippen MR) is 69.9 cm³/mol. The van der Waals surface area contributed by atoms with Gasteiger partial charge in [-0.3, -0.25) is 9.78 Å². The highest BCUT2D eigenvalue weighted by Gasteiger charge is 2.38. The number of rotatable bonds is 3. The van der Waals surface area contributed by atoms with Crippen LogP contribution in [0.1, 0.15) is 24.3 Å². The Bertz CT molecular complexity index is 622. The number of carboxylic acid groups (broad SMARTS) is 1. The quantitative estimate of drug-likeness (QED) is 0.920. The molecule has 0 bridgehead atoms. The SMILES string of the molecule is O=C(O)C(c1ccnc2cc(Cl)ccc12)C1CC1. The number of nitrogens with zero attached hydrogens (tertiary/aromatic N) is 1. The van der Waals surface area contributed by atoms with Crippen molar-refractivity contribution in [1.82, 2.24) is 4.98 Å². The van der Waals surface area contributed by atoms with Crippen LogP contribution in [0.2, 0.25) is 5.02 Å². The van der Waals surface area contributed by atoms with Crippen LogP contribution in [0, 0.1) is 5.92 Å². The van der Waals surface area contributed by atoms with Crippen LogP contribution in [-0.4, -0.2) is 16.1 Å². The molecule has 1 unspecified atom stereocenters. The Morgan fingerprint density at radius 1 is 1.39 bits per heavy atom. The van der Waals surface area contributed by atoms with Gasteiger partial charge in [-0.1, -0.05) is 17.7 Å². The van der Waals surface area contributed by atoms with Gasteiger partial charge in [0.05, 0.1) is 11.4 Å². The van der Waals surface area contributed by atoms with Gasteiger partial charge in [0.25, 0.3) is 0 Å². The van der Waals surface area contributed by atoms with E-state index in [4.69, 9.17) is 11.6 Å². The van der Waals surface area contributed by atoms with Crippen LogP contribution in [0.15, 0.2) is 30.5 Å². The molecule has 1 fully saturated rings. The summed E-state index contributed by atoms with van der Waals surface area (Å²) in [6, 6.07) is 7.22. The molecule has 18 heavy (non-hydrogen) atoms. The van der Waals surface area contributed by atoms with E-state index < -0.39 is 11.9 Å². The average Bonchev–Trinajstić information content (AvgIpc) is 3.13. The zero-order valence-corrected chi connectivity index (χ0v) is 10.4. The maximum absolute atomic E-state index is 11.4. The van der Waals surface area contributed by atoms with Crippen molar-refractivity contribution in [3.63, 3.8) is 0 Å². The Morgan fingerprint density at radius 2 is 2.17 bits per heavy atom. The summed E-state index contributed by atoms with van der Waals surface area (Å²) in [7, 11) is 0. The fourth-order valence-corrected chi connectivity index (χ4v) is 2.60. The maximum atomic E-state index is 11.4. The lowest BCUT2D eigenvalue weighted by atomic mass is 9.91. The molecular weight excluding hydrogens is 250 g/mol. The molecular formula is C14H12ClNO2. The zero-order valence-electron chi connectivity index (χ0n) is 9.64. The maximum Gasteiger partial charge on any atom is 0.311 e. The number of benzene rings is 1. The van der Waals surface area contributed by atoms with E-state index in [1.54, 1.807) is 18.3 Å². The Kier molecular flexibility index (Phi) is 2.71. The third-order valence-electron chi connectivity index (χ3n) is 3.43. The first-order valence-electron chi connectivity index (χ1n) is 5.94. The van der Waals surface area contributed by atoms with E-state index in [1.807, 2.05) is 12.1 Å². The van der Waals surface area contributed by atoms with Gasteiger partial charge in [-0.05, 0) is 42.5 Å². The smallest absolute Gasteiger partial charge is 0.311 e. The van der Waals surface area contributed by atoms with Crippen molar-refractivity contribution >= 4 is 28.5 Å². The third-order valence-corrected chi connectivity index (χ3v) is 3.67. The third kappa shape index (κ3) is 1.95. The molecule has 0 amide bonds. The van der Waals surface area contributed by atoms with Gasteiger partial charge >= 0.3 is 5.97 Å². The molecule has 92 valence electrons. The van der Waals surface area contributed by atoms with Gasteiger partial charge in [0, 0.05) is 16.6 Å². The molecule has 1 aromatic carbocycles. The molecule has 3 rings (SSSR count). The van der Waals surface area contributed by atoms with Crippen molar-refractivity contribution in [3.8, 4) is 0 Å². The molecule has 1 saturated carbocycles. The summed E-state index contributed by atoms with van der Waals surface area (Å²) in [6.45, 7) is 0. The van der Waals surface area contributed by atoms with E-state index >= 15 is 0 Å². The zero-order chi connectivity index (χ0) is 12.7. The number of aromatic nitrogens is 1. The Morgan fingerprint density at radius 3 is 2.83 bits per heavy atom. The van der Waals surface area contributed by atoms with E-state index in [2.05, 4.69) is 4.98 Å². The molecule has 1 aliphatic carbocycles. The summed E-state index contributed by atoms with van der Waals surface area (Å²) in [6.07, 6.45) is 3.65. The molecule has 3 nitrogen and oxygen atoms in total. The second-order valence-electron chi connectivity index (χ2n) is 4.71. The number of pyridine rings is 1. The minimum atomic E-state index is -0.750. The second-order valence-corrected chi connectivity index (χ2v) is 5.15. The first-order chi connectivity index (χ1) is 8.66. The molecule has 1 aliphatic rings. The lowest BCUT2D eigenvalue weighted by Crippen LogP contribution is -2.14. The molecule has 1 atom stereocenters. The summed E-state index contributed by atoms with van der Waals surface area (Å²) in [5.41, 5.74) is 1.61. The van der Waals surface area contributed by atoms with Crippen molar-refractivity contribution in [2.45, 2.75) is 18.8 Å². The van der Waals surface area contributed by atoms with E-state index in [0.717, 1.165) is 29.3 Å². The monoisotopic (exact) mass is 261 g/mol. The number of halogens is 1. The molecule has 0 aliphatic heterocycles. The fourth-order valence-electron chi connectivity index (χ4n) is 2.43. The van der Waals surface area contributed by atoms with Crippen molar-refractivity contribution < 1.29 is 9.90 Å². The van der Waals surface area contributed by atoms with E-state index in [-0.39, 0.29) is 5.92 Å². The van der Waals surface area contributed by atoms with Crippen LogP contribution in [0.5, 0.6) is 0 Å². The summed E-state index contributed by atoms with van der Waals surface area (Å²) >= 11 is 5.93. The van der Waals surface area contributed by atoms with Gasteiger partial charge in [0.2, 0.25) is 0 Å². The molecule has 4 heteroatoms. The van der Waals surface area contributed by atoms with Crippen molar-refractivity contribution in [3.05, 3.63) is 41.0 Å². The molecule has 0 radical (unpaired) electrons. The fraction of sp³-hybridized carbons (Fsp3) is 0.286. The van der Waals surface area contributed by atoms with Crippen molar-refractivity contribution in [2.75, 3.05) is 0 Å². The lowest BCUT2D eigenvalue weighted by Gasteiger charge is -2.14. The summed E-state index contributed by atoms with van der Waals surface area (Å²) in [4.78, 5) is 15.7. The minimum Gasteiger partial charge on any atom is -0.481 e. The van der Waals surface area contributed by atoms with Crippen molar-refractivity contribution in [1.29, 1.82) is 0 Å². The Hall–Kier alpha value is -1.61. The predicted octanol–water partition coefficient (Wildman–Crippen LogP) is 3.47. The minimum absolute atomic E-state index is 0.267. The molecule has 1 aromatic heterocycles. The highest BCUT2D eigenvalue weighted by atomic mass is 35.5. The normalized spacial score (nSPS) is 16.7. The molecule has 1 N–H and O–H groups in total. The van der Waals surface area contributed by atoms with E-state index in [1.165, 1.54) is 0 Å². The van der Waals surface area contributed by atoms with Gasteiger partial charge in [0.15, 0.2) is 0 Å². The summed E-state index contributed by atoms with van der Waals surface area (Å²) in [5, 5.41) is 10.9. The van der Waals surface area contributed by atoms with Crippen LogP contribution < -0.4 is 0 Å². The van der Waals surface area contributed by atoms with E-state index in [0.29, 0.717) is 5.02 Å². The van der Waals surface area contributed by atoms with Crippen molar-refractivity contribution in [2.24, 2.45) is 5.92 Å².